The summed E-state index contributed by atoms with van der Waals surface area (Å²) in [5.74, 6) is 0.935. The van der Waals surface area contributed by atoms with E-state index in [2.05, 4.69) is 13.0 Å². The molecule has 0 aromatic rings. The zero-order valence-electron chi connectivity index (χ0n) is 13.1. The number of aliphatic hydroxyl groups excluding tert-OH is 1. The molecule has 0 amide bonds. The molecule has 2 aliphatic carbocycles. The summed E-state index contributed by atoms with van der Waals surface area (Å²) in [5, 5.41) is 21.6. The predicted molar refractivity (Wildman–Crippen MR) is 80.1 cm³/mol. The molecule has 4 heteroatoms. The van der Waals surface area contributed by atoms with Crippen molar-refractivity contribution in [2.45, 2.75) is 76.5 Å². The van der Waals surface area contributed by atoms with E-state index in [1.807, 2.05) is 5.06 Å². The summed E-state index contributed by atoms with van der Waals surface area (Å²) < 4.78 is 0. The first-order valence-corrected chi connectivity index (χ1v) is 8.72. The average Bonchev–Trinajstić information content (AvgIpc) is 2.54. The van der Waals surface area contributed by atoms with E-state index in [9.17, 15) is 10.4 Å². The molecule has 5 atom stereocenters. The number of nitriles is 1. The predicted octanol–water partition coefficient (Wildman–Crippen LogP) is 2.87. The van der Waals surface area contributed by atoms with E-state index in [1.54, 1.807) is 0 Å². The van der Waals surface area contributed by atoms with Crippen molar-refractivity contribution in [3.05, 3.63) is 0 Å². The largest absolute Gasteiger partial charge is 0.396 e. The Morgan fingerprint density at radius 3 is 2.57 bits per heavy atom. The fourth-order valence-corrected chi connectivity index (χ4v) is 4.73. The third kappa shape index (κ3) is 2.84. The number of hydrogen-bond donors (Lipinski definition) is 1. The zero-order chi connectivity index (χ0) is 14.8. The van der Waals surface area contributed by atoms with Crippen LogP contribution in [0.3, 0.4) is 0 Å². The van der Waals surface area contributed by atoms with E-state index in [0.29, 0.717) is 17.9 Å². The molecule has 3 aliphatic rings. The van der Waals surface area contributed by atoms with E-state index in [-0.39, 0.29) is 24.7 Å². The minimum Gasteiger partial charge on any atom is -0.396 e. The Labute approximate surface area is 128 Å². The lowest BCUT2D eigenvalue weighted by Crippen LogP contribution is -2.60. The molecule has 0 spiro atoms. The van der Waals surface area contributed by atoms with E-state index in [1.165, 1.54) is 32.1 Å². The lowest BCUT2D eigenvalue weighted by atomic mass is 9.70. The van der Waals surface area contributed by atoms with Crippen molar-refractivity contribution in [3.8, 4) is 6.07 Å². The first kappa shape index (κ1) is 15.3. The van der Waals surface area contributed by atoms with Crippen molar-refractivity contribution >= 4 is 0 Å². The van der Waals surface area contributed by atoms with Gasteiger partial charge in [-0.1, -0.05) is 32.6 Å². The van der Waals surface area contributed by atoms with Crippen LogP contribution < -0.4 is 0 Å². The highest BCUT2D eigenvalue weighted by Gasteiger charge is 2.49. The maximum Gasteiger partial charge on any atom is 0.127 e. The second-order valence-electron chi connectivity index (χ2n) is 7.21. The molecule has 4 nitrogen and oxygen atoms in total. The Morgan fingerprint density at radius 2 is 1.90 bits per heavy atom. The smallest absolute Gasteiger partial charge is 0.127 e. The van der Waals surface area contributed by atoms with Crippen molar-refractivity contribution in [3.63, 3.8) is 0 Å². The molecule has 0 aromatic heterocycles. The molecular weight excluding hydrogens is 264 g/mol. The molecule has 2 saturated carbocycles. The second-order valence-corrected chi connectivity index (χ2v) is 7.21. The number of hydrogen-bond acceptors (Lipinski definition) is 4. The number of nitrogens with zero attached hydrogens (tertiary/aromatic N) is 2. The van der Waals surface area contributed by atoms with Crippen LogP contribution in [0, 0.1) is 29.1 Å². The monoisotopic (exact) mass is 292 g/mol. The van der Waals surface area contributed by atoms with Crippen LogP contribution in [0.1, 0.15) is 58.3 Å². The maximum atomic E-state index is 9.90. The fourth-order valence-electron chi connectivity index (χ4n) is 4.73. The zero-order valence-corrected chi connectivity index (χ0v) is 13.1. The molecule has 1 aliphatic heterocycles. The molecule has 0 radical (unpaired) electrons. The number of hydroxylamine groups is 2. The van der Waals surface area contributed by atoms with Crippen LogP contribution in [-0.4, -0.2) is 35.0 Å². The molecule has 118 valence electrons. The van der Waals surface area contributed by atoms with Gasteiger partial charge < -0.3 is 5.11 Å². The third-order valence-electron chi connectivity index (χ3n) is 5.93. The normalized spacial score (nSPS) is 42.2. The van der Waals surface area contributed by atoms with Gasteiger partial charge in [0.25, 0.3) is 0 Å². The lowest BCUT2D eigenvalue weighted by molar-refractivity contribution is -0.314. The van der Waals surface area contributed by atoms with Crippen LogP contribution in [-0.2, 0) is 4.84 Å². The van der Waals surface area contributed by atoms with E-state index >= 15 is 0 Å². The van der Waals surface area contributed by atoms with Crippen molar-refractivity contribution in [2.24, 2.45) is 17.8 Å². The summed E-state index contributed by atoms with van der Waals surface area (Å²) in [7, 11) is 0. The lowest BCUT2D eigenvalue weighted by Gasteiger charge is -2.52. The van der Waals surface area contributed by atoms with Crippen LogP contribution in [0.5, 0.6) is 0 Å². The van der Waals surface area contributed by atoms with Gasteiger partial charge in [0, 0.05) is 18.6 Å². The van der Waals surface area contributed by atoms with Gasteiger partial charge >= 0.3 is 0 Å². The van der Waals surface area contributed by atoms with Crippen molar-refractivity contribution in [1.29, 1.82) is 5.26 Å². The first-order valence-electron chi connectivity index (χ1n) is 8.72. The summed E-state index contributed by atoms with van der Waals surface area (Å²) >= 11 is 0. The first-order chi connectivity index (χ1) is 10.3. The Kier molecular flexibility index (Phi) is 4.83. The van der Waals surface area contributed by atoms with Gasteiger partial charge in [-0.2, -0.15) is 10.3 Å². The maximum absolute atomic E-state index is 9.90. The molecule has 0 bridgehead atoms. The Balaban J connectivity index is 1.83. The van der Waals surface area contributed by atoms with Crippen molar-refractivity contribution in [1.82, 2.24) is 5.06 Å². The SMILES string of the molecule is C[C@H]1CCCC2C(CO)C(C#N)N(C3CCCCC3)OC21. The standard InChI is InChI=1S/C17H28N2O2/c1-12-6-5-9-14-15(11-20)16(10-18)19(21-17(12)14)13-7-3-2-4-8-13/h12-17,20H,2-9,11H2,1H3/t12-,14?,15?,16?,17?/m0/s1. The van der Waals surface area contributed by atoms with Gasteiger partial charge in [0.2, 0.25) is 0 Å². The molecule has 1 heterocycles. The minimum absolute atomic E-state index is 0.0541. The summed E-state index contributed by atoms with van der Waals surface area (Å²) in [5.41, 5.74) is 0. The molecule has 0 aromatic carbocycles. The second kappa shape index (κ2) is 6.64. The number of rotatable bonds is 2. The van der Waals surface area contributed by atoms with Gasteiger partial charge in [0.1, 0.15) is 6.04 Å². The highest BCUT2D eigenvalue weighted by Crippen LogP contribution is 2.44. The third-order valence-corrected chi connectivity index (χ3v) is 5.93. The van der Waals surface area contributed by atoms with E-state index in [4.69, 9.17) is 4.84 Å². The summed E-state index contributed by atoms with van der Waals surface area (Å²) in [6.07, 6.45) is 9.71. The van der Waals surface area contributed by atoms with Gasteiger partial charge in [-0.3, -0.25) is 4.84 Å². The molecule has 1 saturated heterocycles. The average molecular weight is 292 g/mol. The van der Waals surface area contributed by atoms with Gasteiger partial charge in [-0.15, -0.1) is 0 Å². The van der Waals surface area contributed by atoms with E-state index < -0.39 is 0 Å². The molecular formula is C17H28N2O2. The van der Waals surface area contributed by atoms with Gasteiger partial charge in [-0.05, 0) is 37.5 Å². The van der Waals surface area contributed by atoms with Crippen molar-refractivity contribution in [2.75, 3.05) is 6.61 Å². The fraction of sp³-hybridized carbons (Fsp3) is 0.941. The quantitative estimate of drug-likeness (QED) is 0.850. The summed E-state index contributed by atoms with van der Waals surface area (Å²) in [4.78, 5) is 6.38. The molecule has 4 unspecified atom stereocenters. The molecule has 3 fully saturated rings. The van der Waals surface area contributed by atoms with Gasteiger partial charge in [0.05, 0.1) is 12.2 Å². The molecule has 3 rings (SSSR count). The van der Waals surface area contributed by atoms with Gasteiger partial charge in [0.15, 0.2) is 0 Å². The number of aliphatic hydroxyl groups is 1. The van der Waals surface area contributed by atoms with Crippen LogP contribution in [0.2, 0.25) is 0 Å². The van der Waals surface area contributed by atoms with Crippen LogP contribution >= 0.6 is 0 Å². The van der Waals surface area contributed by atoms with Crippen molar-refractivity contribution < 1.29 is 9.94 Å². The summed E-state index contributed by atoms with van der Waals surface area (Å²) in [6, 6.07) is 2.54. The van der Waals surface area contributed by atoms with Crippen LogP contribution in [0.4, 0.5) is 0 Å². The van der Waals surface area contributed by atoms with Crippen LogP contribution in [0.15, 0.2) is 0 Å². The molecule has 1 N–H and O–H groups in total. The van der Waals surface area contributed by atoms with Gasteiger partial charge in [-0.25, -0.2) is 0 Å². The topological polar surface area (TPSA) is 56.5 Å². The van der Waals surface area contributed by atoms with E-state index in [0.717, 1.165) is 19.3 Å². The Bertz CT molecular complexity index is 389. The summed E-state index contributed by atoms with van der Waals surface area (Å²) in [6.45, 7) is 2.37. The minimum atomic E-state index is -0.273. The highest BCUT2D eigenvalue weighted by molar-refractivity contribution is 5.04. The number of fused-ring (bicyclic) bond motifs is 1. The Hall–Kier alpha value is -0.630. The molecule has 21 heavy (non-hydrogen) atoms. The highest BCUT2D eigenvalue weighted by atomic mass is 16.7. The Morgan fingerprint density at radius 1 is 1.14 bits per heavy atom. The van der Waals surface area contributed by atoms with Crippen LogP contribution in [0.25, 0.3) is 0 Å².